The van der Waals surface area contributed by atoms with E-state index in [0.717, 1.165) is 18.8 Å². The molecule has 3 rings (SSSR count). The van der Waals surface area contributed by atoms with Crippen LogP contribution in [0.5, 0.6) is 5.75 Å². The Balaban J connectivity index is 1.55. The van der Waals surface area contributed by atoms with Gasteiger partial charge < -0.3 is 9.84 Å². The Morgan fingerprint density at radius 3 is 2.17 bits per heavy atom. The second-order valence-electron chi connectivity index (χ2n) is 9.00. The van der Waals surface area contributed by atoms with Gasteiger partial charge in [-0.25, -0.2) is 4.39 Å². The van der Waals surface area contributed by atoms with Crippen molar-refractivity contribution in [2.24, 2.45) is 17.8 Å². The molecule has 1 aromatic rings. The van der Waals surface area contributed by atoms with Crippen LogP contribution in [0.25, 0.3) is 0 Å². The Morgan fingerprint density at radius 2 is 1.59 bits per heavy atom. The van der Waals surface area contributed by atoms with Crippen molar-refractivity contribution in [2.45, 2.75) is 83.7 Å². The second kappa shape index (κ2) is 10.1. The number of ether oxygens (including phenoxy) is 1. The van der Waals surface area contributed by atoms with Gasteiger partial charge >= 0.3 is 0 Å². The Bertz CT molecular complexity index is 684. The molecule has 0 atom stereocenters. The normalized spacial score (nSPS) is 30.6. The SMILES string of the molecule is CCCC1CCC(/C=C/C2CCC(O)(c3ccc(OCC)c(F)c3F)CC2)CC1. The zero-order chi connectivity index (χ0) is 20.9. The molecular weight excluding hydrogens is 370 g/mol. The van der Waals surface area contributed by atoms with E-state index in [4.69, 9.17) is 4.74 Å². The van der Waals surface area contributed by atoms with Crippen LogP contribution in [0.2, 0.25) is 0 Å². The molecule has 2 aliphatic rings. The minimum atomic E-state index is -1.29. The van der Waals surface area contributed by atoms with Gasteiger partial charge in [0, 0.05) is 5.56 Å². The number of hydrogen-bond donors (Lipinski definition) is 1. The van der Waals surface area contributed by atoms with Gasteiger partial charge in [-0.15, -0.1) is 0 Å². The topological polar surface area (TPSA) is 29.5 Å². The number of benzene rings is 1. The third kappa shape index (κ3) is 5.39. The summed E-state index contributed by atoms with van der Waals surface area (Å²) >= 11 is 0. The second-order valence-corrected chi connectivity index (χ2v) is 9.00. The predicted molar refractivity (Wildman–Crippen MR) is 113 cm³/mol. The highest BCUT2D eigenvalue weighted by atomic mass is 19.2. The highest BCUT2D eigenvalue weighted by molar-refractivity contribution is 5.34. The molecule has 1 N–H and O–H groups in total. The molecular formula is C25H36F2O2. The van der Waals surface area contributed by atoms with E-state index in [-0.39, 0.29) is 17.9 Å². The number of aliphatic hydroxyl groups is 1. The van der Waals surface area contributed by atoms with Crippen LogP contribution in [0.3, 0.4) is 0 Å². The van der Waals surface area contributed by atoms with Crippen LogP contribution in [0.15, 0.2) is 24.3 Å². The van der Waals surface area contributed by atoms with E-state index < -0.39 is 17.2 Å². The lowest BCUT2D eigenvalue weighted by Crippen LogP contribution is -2.32. The number of hydrogen-bond acceptors (Lipinski definition) is 2. The molecule has 0 heterocycles. The van der Waals surface area contributed by atoms with Gasteiger partial charge in [-0.2, -0.15) is 4.39 Å². The van der Waals surface area contributed by atoms with Gasteiger partial charge in [0.1, 0.15) is 0 Å². The largest absolute Gasteiger partial charge is 0.491 e. The van der Waals surface area contributed by atoms with Crippen LogP contribution >= 0.6 is 0 Å². The Labute approximate surface area is 174 Å². The molecule has 0 saturated heterocycles. The molecule has 29 heavy (non-hydrogen) atoms. The fourth-order valence-electron chi connectivity index (χ4n) is 5.13. The number of rotatable bonds is 7. The van der Waals surface area contributed by atoms with Crippen molar-refractivity contribution in [3.8, 4) is 5.75 Å². The van der Waals surface area contributed by atoms with E-state index in [9.17, 15) is 13.9 Å². The molecule has 2 fully saturated rings. The van der Waals surface area contributed by atoms with Crippen LogP contribution in [-0.2, 0) is 5.60 Å². The molecule has 2 nitrogen and oxygen atoms in total. The first-order chi connectivity index (χ1) is 14.0. The van der Waals surface area contributed by atoms with Gasteiger partial charge in [-0.3, -0.25) is 0 Å². The summed E-state index contributed by atoms with van der Waals surface area (Å²) in [4.78, 5) is 0. The minimum absolute atomic E-state index is 0.0649. The summed E-state index contributed by atoms with van der Waals surface area (Å²) in [6, 6.07) is 2.91. The minimum Gasteiger partial charge on any atom is -0.491 e. The highest BCUT2D eigenvalue weighted by Gasteiger charge is 2.37. The lowest BCUT2D eigenvalue weighted by Gasteiger charge is -2.36. The fraction of sp³-hybridized carbons (Fsp3) is 0.680. The molecule has 0 unspecified atom stereocenters. The molecule has 0 bridgehead atoms. The Hall–Kier alpha value is -1.42. The first kappa shape index (κ1) is 22.3. The summed E-state index contributed by atoms with van der Waals surface area (Å²) in [5.74, 6) is -0.0584. The van der Waals surface area contributed by atoms with E-state index in [0.29, 0.717) is 24.7 Å². The van der Waals surface area contributed by atoms with Crippen LogP contribution in [0, 0.1) is 29.4 Å². The summed E-state index contributed by atoms with van der Waals surface area (Å²) in [6.45, 7) is 4.27. The number of halogens is 2. The van der Waals surface area contributed by atoms with E-state index >= 15 is 0 Å². The molecule has 0 aliphatic heterocycles. The van der Waals surface area contributed by atoms with Gasteiger partial charge in [0.2, 0.25) is 5.82 Å². The van der Waals surface area contributed by atoms with Gasteiger partial charge in [-0.05, 0) is 88.2 Å². The zero-order valence-corrected chi connectivity index (χ0v) is 17.9. The van der Waals surface area contributed by atoms with Crippen LogP contribution in [0.4, 0.5) is 8.78 Å². The molecule has 4 heteroatoms. The lowest BCUT2D eigenvalue weighted by molar-refractivity contribution is -0.0125. The predicted octanol–water partition coefficient (Wildman–Crippen LogP) is 6.90. The van der Waals surface area contributed by atoms with Gasteiger partial charge in [0.25, 0.3) is 0 Å². The zero-order valence-electron chi connectivity index (χ0n) is 17.9. The van der Waals surface area contributed by atoms with E-state index in [1.54, 1.807) is 6.92 Å². The first-order valence-electron chi connectivity index (χ1n) is 11.5. The van der Waals surface area contributed by atoms with Crippen LogP contribution in [0.1, 0.15) is 83.6 Å². The Morgan fingerprint density at radius 1 is 0.966 bits per heavy atom. The monoisotopic (exact) mass is 406 g/mol. The van der Waals surface area contributed by atoms with E-state index in [2.05, 4.69) is 19.1 Å². The third-order valence-corrected chi connectivity index (χ3v) is 6.95. The number of allylic oxidation sites excluding steroid dienone is 2. The molecule has 162 valence electrons. The fourth-order valence-corrected chi connectivity index (χ4v) is 5.13. The lowest BCUT2D eigenvalue weighted by atomic mass is 9.74. The van der Waals surface area contributed by atoms with Crippen molar-refractivity contribution in [3.63, 3.8) is 0 Å². The smallest absolute Gasteiger partial charge is 0.200 e. The van der Waals surface area contributed by atoms with Crippen molar-refractivity contribution in [3.05, 3.63) is 41.5 Å². The van der Waals surface area contributed by atoms with Crippen molar-refractivity contribution < 1.29 is 18.6 Å². The summed E-state index contributed by atoms with van der Waals surface area (Å²) in [5.41, 5.74) is -1.23. The van der Waals surface area contributed by atoms with Crippen LogP contribution < -0.4 is 4.74 Å². The highest BCUT2D eigenvalue weighted by Crippen LogP contribution is 2.42. The van der Waals surface area contributed by atoms with Gasteiger partial charge in [-0.1, -0.05) is 31.9 Å². The maximum absolute atomic E-state index is 14.6. The van der Waals surface area contributed by atoms with Crippen LogP contribution in [-0.4, -0.2) is 11.7 Å². The first-order valence-corrected chi connectivity index (χ1v) is 11.5. The van der Waals surface area contributed by atoms with Crippen molar-refractivity contribution in [1.82, 2.24) is 0 Å². The van der Waals surface area contributed by atoms with Gasteiger partial charge in [0.15, 0.2) is 11.6 Å². The molecule has 1 aromatic carbocycles. The van der Waals surface area contributed by atoms with Gasteiger partial charge in [0.05, 0.1) is 12.2 Å². The summed E-state index contributed by atoms with van der Waals surface area (Å²) < 4.78 is 33.9. The average Bonchev–Trinajstić information content (AvgIpc) is 2.72. The molecule has 0 radical (unpaired) electrons. The summed E-state index contributed by atoms with van der Waals surface area (Å²) in [7, 11) is 0. The van der Waals surface area contributed by atoms with E-state index in [1.807, 2.05) is 0 Å². The third-order valence-electron chi connectivity index (χ3n) is 6.95. The molecule has 2 aliphatic carbocycles. The molecule has 0 amide bonds. The van der Waals surface area contributed by atoms with E-state index in [1.165, 1.54) is 50.7 Å². The van der Waals surface area contributed by atoms with Crippen molar-refractivity contribution in [2.75, 3.05) is 6.61 Å². The average molecular weight is 407 g/mol. The van der Waals surface area contributed by atoms with Crippen molar-refractivity contribution in [1.29, 1.82) is 0 Å². The molecule has 2 saturated carbocycles. The maximum atomic E-state index is 14.6. The molecule has 0 aromatic heterocycles. The molecule has 0 spiro atoms. The Kier molecular flexibility index (Phi) is 7.72. The summed E-state index contributed by atoms with van der Waals surface area (Å²) in [6.07, 6.45) is 15.1. The maximum Gasteiger partial charge on any atom is 0.200 e. The standard InChI is InChI=1S/C25H36F2O2/c1-3-5-18-6-8-19(9-7-18)10-11-20-14-16-25(28,17-15-20)21-12-13-22(29-4-2)24(27)23(21)26/h10-13,18-20,28H,3-9,14-17H2,1-2H3/b11-10+. The van der Waals surface area contributed by atoms with Crippen molar-refractivity contribution >= 4 is 0 Å². The summed E-state index contributed by atoms with van der Waals surface area (Å²) in [5, 5.41) is 11.0. The quantitative estimate of drug-likeness (QED) is 0.499.